The number of fused-ring (bicyclic) bond motifs is 1. The number of para-hydroxylation sites is 3. The van der Waals surface area contributed by atoms with E-state index in [1.165, 1.54) is 39.6 Å². The highest BCUT2D eigenvalue weighted by molar-refractivity contribution is 5.83. The predicted octanol–water partition coefficient (Wildman–Crippen LogP) is 14.0. The van der Waals surface area contributed by atoms with Gasteiger partial charge in [0, 0.05) is 19.6 Å². The predicted molar refractivity (Wildman–Crippen MR) is 276 cm³/mol. The van der Waals surface area contributed by atoms with Crippen molar-refractivity contribution in [3.05, 3.63) is 209 Å². The van der Waals surface area contributed by atoms with Crippen LogP contribution >= 0.6 is 0 Å². The van der Waals surface area contributed by atoms with Gasteiger partial charge < -0.3 is 30.2 Å². The summed E-state index contributed by atoms with van der Waals surface area (Å²) < 4.78 is 29.0. The standard InChI is InChI=1S/C22H23NO2.C19H23NO2.C18H20FNO2/c1-16(2)20-9-5-6-10-21(20)25-22(24)23-14-13-17-11-12-18-7-3-4-8-19(18)15-17;1-14(2)17-6-4-5-7-18(17)22-19(21)20-13-12-16-10-8-15(3)9-11-16;1-13(2)16-5-3-4-6-17(16)22-18(21)20-12-11-14-7-9-15(19)10-8-14/h3-12,15-16H,13-14H2,1-2H3,(H,23,24);4-11,14H,12-13H2,1-3H3,(H,20,21);3-10,13H,11-12H2,1-2H3,(H,20,21). The normalized spacial score (nSPS) is 10.7. The van der Waals surface area contributed by atoms with Gasteiger partial charge in [0.25, 0.3) is 0 Å². The van der Waals surface area contributed by atoms with Crippen molar-refractivity contribution < 1.29 is 33.0 Å². The van der Waals surface area contributed by atoms with Crippen LogP contribution in [0.3, 0.4) is 0 Å². The molecule has 0 unspecified atom stereocenters. The van der Waals surface area contributed by atoms with Crippen LogP contribution in [0.4, 0.5) is 18.8 Å². The zero-order valence-corrected chi connectivity index (χ0v) is 40.9. The lowest BCUT2D eigenvalue weighted by Gasteiger charge is -2.13. The Morgan fingerprint density at radius 3 is 1.16 bits per heavy atom. The Balaban J connectivity index is 0.000000194. The summed E-state index contributed by atoms with van der Waals surface area (Å²) >= 11 is 0. The summed E-state index contributed by atoms with van der Waals surface area (Å²) in [5, 5.41) is 10.8. The molecule has 3 N–H and O–H groups in total. The highest BCUT2D eigenvalue weighted by Crippen LogP contribution is 2.28. The Morgan fingerprint density at radius 1 is 0.420 bits per heavy atom. The van der Waals surface area contributed by atoms with Crippen LogP contribution in [0, 0.1) is 12.7 Å². The van der Waals surface area contributed by atoms with E-state index in [0.29, 0.717) is 55.1 Å². The summed E-state index contributed by atoms with van der Waals surface area (Å²) in [4.78, 5) is 35.8. The average Bonchev–Trinajstić information content (AvgIpc) is 3.33. The highest BCUT2D eigenvalue weighted by Gasteiger charge is 2.14. The van der Waals surface area contributed by atoms with Gasteiger partial charge in [0.1, 0.15) is 23.1 Å². The lowest BCUT2D eigenvalue weighted by atomic mass is 10.0. The molecule has 0 aliphatic rings. The highest BCUT2D eigenvalue weighted by atomic mass is 19.1. The van der Waals surface area contributed by atoms with Crippen molar-refractivity contribution in [3.8, 4) is 17.2 Å². The minimum Gasteiger partial charge on any atom is -0.410 e. The zero-order chi connectivity index (χ0) is 49.5. The smallest absolute Gasteiger partial charge is 0.410 e. The van der Waals surface area contributed by atoms with E-state index in [2.05, 4.69) is 119 Å². The summed E-state index contributed by atoms with van der Waals surface area (Å²) in [6.07, 6.45) is 0.901. The van der Waals surface area contributed by atoms with Crippen LogP contribution in [-0.2, 0) is 19.3 Å². The molecular weight excluding hydrogens is 866 g/mol. The Morgan fingerprint density at radius 2 is 0.754 bits per heavy atom. The molecule has 0 aromatic heterocycles. The molecule has 7 rings (SSSR count). The molecule has 69 heavy (non-hydrogen) atoms. The summed E-state index contributed by atoms with van der Waals surface area (Å²) in [7, 11) is 0. The van der Waals surface area contributed by atoms with E-state index in [-0.39, 0.29) is 11.7 Å². The maximum atomic E-state index is 12.8. The number of aryl methyl sites for hydroxylation is 1. The van der Waals surface area contributed by atoms with E-state index >= 15 is 0 Å². The number of hydrogen-bond donors (Lipinski definition) is 3. The molecule has 0 fully saturated rings. The molecule has 0 saturated carbocycles. The van der Waals surface area contributed by atoms with E-state index in [1.54, 1.807) is 18.2 Å². The molecule has 360 valence electrons. The molecule has 0 saturated heterocycles. The van der Waals surface area contributed by atoms with Crippen molar-refractivity contribution in [3.63, 3.8) is 0 Å². The first-order chi connectivity index (χ1) is 33.2. The first-order valence-electron chi connectivity index (χ1n) is 23.7. The number of nitrogens with one attached hydrogen (secondary N) is 3. The molecule has 0 heterocycles. The second-order valence-electron chi connectivity index (χ2n) is 17.6. The van der Waals surface area contributed by atoms with E-state index in [9.17, 15) is 18.8 Å². The van der Waals surface area contributed by atoms with Gasteiger partial charge in [0.2, 0.25) is 0 Å². The summed E-state index contributed by atoms with van der Waals surface area (Å²) in [5.74, 6) is 2.48. The molecule has 7 aromatic rings. The minimum atomic E-state index is -0.477. The van der Waals surface area contributed by atoms with Gasteiger partial charge in [0.15, 0.2) is 0 Å². The Bertz CT molecular complexity index is 2590. The van der Waals surface area contributed by atoms with Crippen molar-refractivity contribution in [2.45, 2.75) is 85.5 Å². The number of carbonyl (C=O) groups is 3. The molecule has 0 radical (unpaired) electrons. The second kappa shape index (κ2) is 27.4. The molecule has 10 heteroatoms. The lowest BCUT2D eigenvalue weighted by molar-refractivity contribution is 0.199. The number of hydrogen-bond acceptors (Lipinski definition) is 6. The van der Waals surface area contributed by atoms with Gasteiger partial charge >= 0.3 is 18.3 Å². The third-order valence-electron chi connectivity index (χ3n) is 11.1. The molecule has 0 atom stereocenters. The van der Waals surface area contributed by atoms with Crippen LogP contribution in [-0.4, -0.2) is 37.9 Å². The summed E-state index contributed by atoms with van der Waals surface area (Å²) in [6, 6.07) is 52.0. The van der Waals surface area contributed by atoms with Crippen LogP contribution in [0.2, 0.25) is 0 Å². The number of benzene rings is 7. The van der Waals surface area contributed by atoms with E-state index in [4.69, 9.17) is 14.2 Å². The molecule has 7 aromatic carbocycles. The molecule has 9 nitrogen and oxygen atoms in total. The van der Waals surface area contributed by atoms with Gasteiger partial charge in [-0.05, 0) is 118 Å². The summed E-state index contributed by atoms with van der Waals surface area (Å²) in [6.45, 7) is 16.0. The Kier molecular flexibility index (Phi) is 20.8. The first-order valence-corrected chi connectivity index (χ1v) is 23.7. The third kappa shape index (κ3) is 17.9. The molecule has 0 spiro atoms. The van der Waals surface area contributed by atoms with Crippen LogP contribution in [0.25, 0.3) is 10.8 Å². The van der Waals surface area contributed by atoms with Crippen molar-refractivity contribution >= 4 is 29.1 Å². The zero-order valence-electron chi connectivity index (χ0n) is 40.9. The van der Waals surface area contributed by atoms with Gasteiger partial charge in [-0.2, -0.15) is 0 Å². The summed E-state index contributed by atoms with van der Waals surface area (Å²) in [5.41, 5.74) is 7.67. The topological polar surface area (TPSA) is 115 Å². The van der Waals surface area contributed by atoms with Crippen molar-refractivity contribution in [1.29, 1.82) is 0 Å². The lowest BCUT2D eigenvalue weighted by Crippen LogP contribution is -2.29. The number of halogens is 1. The monoisotopic (exact) mass is 931 g/mol. The quantitative estimate of drug-likeness (QED) is 0.0943. The Labute approximate surface area is 407 Å². The average molecular weight is 932 g/mol. The molecule has 0 aliphatic carbocycles. The minimum absolute atomic E-state index is 0.263. The first kappa shape index (κ1) is 52.5. The van der Waals surface area contributed by atoms with Crippen molar-refractivity contribution in [2.24, 2.45) is 0 Å². The van der Waals surface area contributed by atoms with Gasteiger partial charge in [-0.3, -0.25) is 0 Å². The van der Waals surface area contributed by atoms with Crippen molar-refractivity contribution in [2.75, 3.05) is 19.6 Å². The van der Waals surface area contributed by atoms with Crippen LogP contribution in [0.15, 0.2) is 164 Å². The number of ether oxygens (including phenoxy) is 3. The Hall–Kier alpha value is -7.46. The fraction of sp³-hybridized carbons (Fsp3) is 0.271. The largest absolute Gasteiger partial charge is 0.412 e. The van der Waals surface area contributed by atoms with Crippen LogP contribution in [0.5, 0.6) is 17.2 Å². The van der Waals surface area contributed by atoms with Crippen molar-refractivity contribution in [1.82, 2.24) is 16.0 Å². The van der Waals surface area contributed by atoms with Gasteiger partial charge in [-0.25, -0.2) is 18.8 Å². The van der Waals surface area contributed by atoms with Crippen LogP contribution < -0.4 is 30.2 Å². The number of rotatable bonds is 15. The van der Waals surface area contributed by atoms with Gasteiger partial charge in [-0.15, -0.1) is 0 Å². The molecular formula is C59H66FN3O6. The molecule has 0 aliphatic heterocycles. The molecule has 3 amide bonds. The van der Waals surface area contributed by atoms with E-state index in [1.807, 2.05) is 78.9 Å². The maximum Gasteiger partial charge on any atom is 0.412 e. The van der Waals surface area contributed by atoms with Crippen LogP contribution in [0.1, 0.15) is 98.2 Å². The third-order valence-corrected chi connectivity index (χ3v) is 11.1. The fourth-order valence-corrected chi connectivity index (χ4v) is 7.29. The van der Waals surface area contributed by atoms with E-state index < -0.39 is 18.3 Å². The SMILES string of the molecule is CC(C)c1ccccc1OC(=O)NCCc1ccc(F)cc1.CC(C)c1ccccc1OC(=O)NCCc1ccc2ccccc2c1.Cc1ccc(CCNC(=O)Oc2ccccc2C(C)C)cc1. The molecule has 0 bridgehead atoms. The van der Waals surface area contributed by atoms with Gasteiger partial charge in [-0.1, -0.05) is 181 Å². The van der Waals surface area contributed by atoms with Gasteiger partial charge in [0.05, 0.1) is 0 Å². The number of carbonyl (C=O) groups excluding carboxylic acids is 3. The maximum absolute atomic E-state index is 12.8. The second-order valence-corrected chi connectivity index (χ2v) is 17.6. The fourth-order valence-electron chi connectivity index (χ4n) is 7.29. The van der Waals surface area contributed by atoms with E-state index in [0.717, 1.165) is 35.1 Å². The number of amides is 3.